The van der Waals surface area contributed by atoms with Gasteiger partial charge in [0, 0.05) is 39.8 Å². The number of nitrogens with zero attached hydrogens (tertiary/aromatic N) is 3. The second-order valence-electron chi connectivity index (χ2n) is 8.53. The third-order valence-corrected chi connectivity index (χ3v) is 8.02. The molecule has 1 amide bonds. The van der Waals surface area contributed by atoms with Crippen LogP contribution in [-0.2, 0) is 20.4 Å². The lowest BCUT2D eigenvalue weighted by molar-refractivity contribution is -0.156. The van der Waals surface area contributed by atoms with Crippen molar-refractivity contribution in [3.63, 3.8) is 0 Å². The highest BCUT2D eigenvalue weighted by molar-refractivity contribution is 7.89. The smallest absolute Gasteiger partial charge is 0.414 e. The summed E-state index contributed by atoms with van der Waals surface area (Å²) in [5.41, 5.74) is -0.249. The van der Waals surface area contributed by atoms with Crippen molar-refractivity contribution in [1.29, 1.82) is 0 Å². The molecular weight excluding hydrogens is 446 g/mol. The van der Waals surface area contributed by atoms with Gasteiger partial charge in [0.05, 0.1) is 10.9 Å². The number of ether oxygens (including phenoxy) is 1. The number of hydrogen-bond acceptors (Lipinski definition) is 6. The standard InChI is InChI=1S/C23H29N3O6S/c1-16-10-12-18(13-11-16)33(30,31)25(5)17-14-26(15-17)23(2,21(27)28)19-8-6-7-9-20(19)32-22(29)24(3)4/h6-13,17H,14-15H2,1-5H3,(H,27,28). The Balaban J connectivity index is 1.84. The van der Waals surface area contributed by atoms with Gasteiger partial charge in [-0.2, -0.15) is 4.31 Å². The zero-order chi connectivity index (χ0) is 24.6. The first kappa shape index (κ1) is 24.7. The molecule has 9 nitrogen and oxygen atoms in total. The van der Waals surface area contributed by atoms with E-state index in [1.165, 1.54) is 37.3 Å². The predicted molar refractivity (Wildman–Crippen MR) is 123 cm³/mol. The Morgan fingerprint density at radius 2 is 1.64 bits per heavy atom. The summed E-state index contributed by atoms with van der Waals surface area (Å²) in [6, 6.07) is 12.7. The first-order valence-corrected chi connectivity index (χ1v) is 11.8. The molecule has 1 aliphatic rings. The number of para-hydroxylation sites is 1. The van der Waals surface area contributed by atoms with Gasteiger partial charge in [0.15, 0.2) is 0 Å². The number of likely N-dealkylation sites (tertiary alicyclic amines) is 1. The number of carbonyl (C=O) groups excluding carboxylic acids is 1. The van der Waals surface area contributed by atoms with Crippen LogP contribution in [0.2, 0.25) is 0 Å². The van der Waals surface area contributed by atoms with E-state index in [4.69, 9.17) is 4.74 Å². The van der Waals surface area contributed by atoms with Gasteiger partial charge in [0.2, 0.25) is 10.0 Å². The number of benzene rings is 2. The molecule has 0 radical (unpaired) electrons. The Labute approximate surface area is 194 Å². The molecule has 0 spiro atoms. The Morgan fingerprint density at radius 1 is 1.06 bits per heavy atom. The first-order chi connectivity index (χ1) is 15.4. The largest absolute Gasteiger partial charge is 0.480 e. The van der Waals surface area contributed by atoms with E-state index in [0.717, 1.165) is 5.56 Å². The second kappa shape index (κ2) is 9.12. The number of likely N-dealkylation sites (N-methyl/N-ethyl adjacent to an activating group) is 1. The maximum Gasteiger partial charge on any atom is 0.414 e. The van der Waals surface area contributed by atoms with E-state index in [0.29, 0.717) is 5.56 Å². The summed E-state index contributed by atoms with van der Waals surface area (Å²) in [4.78, 5) is 27.6. The number of carboxylic acid groups (broad SMARTS) is 1. The zero-order valence-electron chi connectivity index (χ0n) is 19.3. The van der Waals surface area contributed by atoms with Crippen molar-refractivity contribution in [2.75, 3.05) is 34.2 Å². The number of aryl methyl sites for hydroxylation is 1. The highest BCUT2D eigenvalue weighted by atomic mass is 32.2. The van der Waals surface area contributed by atoms with Gasteiger partial charge < -0.3 is 14.7 Å². The topological polar surface area (TPSA) is 107 Å². The van der Waals surface area contributed by atoms with Crippen molar-refractivity contribution < 1.29 is 27.9 Å². The first-order valence-electron chi connectivity index (χ1n) is 10.4. The molecule has 0 saturated carbocycles. The van der Waals surface area contributed by atoms with E-state index in [2.05, 4.69) is 0 Å². The molecule has 1 unspecified atom stereocenters. The van der Waals surface area contributed by atoms with Crippen molar-refractivity contribution in [3.8, 4) is 5.75 Å². The average molecular weight is 476 g/mol. The molecular formula is C23H29N3O6S. The van der Waals surface area contributed by atoms with Crippen LogP contribution in [0.15, 0.2) is 53.4 Å². The van der Waals surface area contributed by atoms with Gasteiger partial charge in [-0.15, -0.1) is 0 Å². The highest BCUT2D eigenvalue weighted by Gasteiger charge is 2.51. The normalized spacial score (nSPS) is 16.7. The number of carboxylic acids is 1. The van der Waals surface area contributed by atoms with Crippen LogP contribution in [0.1, 0.15) is 18.1 Å². The Bertz CT molecular complexity index is 1140. The van der Waals surface area contributed by atoms with Crippen LogP contribution in [0.4, 0.5) is 4.79 Å². The molecule has 178 valence electrons. The molecule has 0 bridgehead atoms. The van der Waals surface area contributed by atoms with E-state index >= 15 is 0 Å². The Kier molecular flexibility index (Phi) is 6.83. The maximum absolute atomic E-state index is 13.0. The van der Waals surface area contributed by atoms with Gasteiger partial charge in [-0.25, -0.2) is 18.0 Å². The minimum absolute atomic E-state index is 0.144. The minimum atomic E-state index is -3.72. The van der Waals surface area contributed by atoms with Crippen LogP contribution in [0.5, 0.6) is 5.75 Å². The summed E-state index contributed by atoms with van der Waals surface area (Å²) < 4.78 is 32.7. The highest BCUT2D eigenvalue weighted by Crippen LogP contribution is 2.39. The van der Waals surface area contributed by atoms with Gasteiger partial charge >= 0.3 is 12.1 Å². The van der Waals surface area contributed by atoms with Crippen molar-refractivity contribution in [2.24, 2.45) is 0 Å². The van der Waals surface area contributed by atoms with E-state index in [-0.39, 0.29) is 23.7 Å². The minimum Gasteiger partial charge on any atom is -0.480 e. The van der Waals surface area contributed by atoms with Crippen LogP contribution in [0.25, 0.3) is 0 Å². The Hall–Kier alpha value is -2.95. The molecule has 3 rings (SSSR count). The number of rotatable bonds is 7. The third kappa shape index (κ3) is 4.59. The predicted octanol–water partition coefficient (Wildman–Crippen LogP) is 2.36. The second-order valence-corrected chi connectivity index (χ2v) is 10.5. The van der Waals surface area contributed by atoms with E-state index in [1.54, 1.807) is 53.4 Å². The molecule has 1 N–H and O–H groups in total. The van der Waals surface area contributed by atoms with Crippen molar-refractivity contribution in [2.45, 2.75) is 30.3 Å². The van der Waals surface area contributed by atoms with Gasteiger partial charge in [-0.05, 0) is 32.0 Å². The number of aliphatic carboxylic acids is 1. The SMILES string of the molecule is Cc1ccc(S(=O)(=O)N(C)C2CN(C(C)(C(=O)O)c3ccccc3OC(=O)N(C)C)C2)cc1. The molecule has 0 aliphatic carbocycles. The van der Waals surface area contributed by atoms with E-state index in [9.17, 15) is 23.1 Å². The zero-order valence-corrected chi connectivity index (χ0v) is 20.2. The molecule has 10 heteroatoms. The number of sulfonamides is 1. The molecule has 0 aromatic heterocycles. The summed E-state index contributed by atoms with van der Waals surface area (Å²) in [6.07, 6.45) is -0.624. The molecule has 1 atom stereocenters. The number of hydrogen-bond donors (Lipinski definition) is 1. The van der Waals surface area contributed by atoms with Crippen molar-refractivity contribution in [3.05, 3.63) is 59.7 Å². The lowest BCUT2D eigenvalue weighted by Crippen LogP contribution is -2.67. The van der Waals surface area contributed by atoms with E-state index < -0.39 is 33.7 Å². The summed E-state index contributed by atoms with van der Waals surface area (Å²) in [5.74, 6) is -0.983. The molecule has 1 heterocycles. The monoisotopic (exact) mass is 475 g/mol. The van der Waals surface area contributed by atoms with Crippen LogP contribution in [0.3, 0.4) is 0 Å². The molecule has 33 heavy (non-hydrogen) atoms. The van der Waals surface area contributed by atoms with Crippen molar-refractivity contribution >= 4 is 22.1 Å². The quantitative estimate of drug-likeness (QED) is 0.655. The maximum atomic E-state index is 13.0. The van der Waals surface area contributed by atoms with Crippen LogP contribution < -0.4 is 4.74 Å². The molecule has 1 fully saturated rings. The summed E-state index contributed by atoms with van der Waals surface area (Å²) in [7, 11) is 0.850. The van der Waals surface area contributed by atoms with Crippen LogP contribution in [0, 0.1) is 6.92 Å². The van der Waals surface area contributed by atoms with Crippen molar-refractivity contribution in [1.82, 2.24) is 14.1 Å². The third-order valence-electron chi connectivity index (χ3n) is 6.10. The van der Waals surface area contributed by atoms with Gasteiger partial charge in [-0.1, -0.05) is 35.9 Å². The molecule has 1 saturated heterocycles. The number of amides is 1. The lowest BCUT2D eigenvalue weighted by atomic mass is 9.85. The fourth-order valence-electron chi connectivity index (χ4n) is 3.69. The van der Waals surface area contributed by atoms with Gasteiger partial charge in [0.1, 0.15) is 11.3 Å². The summed E-state index contributed by atoms with van der Waals surface area (Å²) in [6.45, 7) is 3.83. The van der Waals surface area contributed by atoms with Gasteiger partial charge in [0.25, 0.3) is 0 Å². The molecule has 1 aliphatic heterocycles. The number of carbonyl (C=O) groups is 2. The van der Waals surface area contributed by atoms with Crippen LogP contribution >= 0.6 is 0 Å². The molecule has 2 aromatic carbocycles. The lowest BCUT2D eigenvalue weighted by Gasteiger charge is -2.50. The fourth-order valence-corrected chi connectivity index (χ4v) is 5.03. The summed E-state index contributed by atoms with van der Waals surface area (Å²) >= 11 is 0. The average Bonchev–Trinajstić information content (AvgIpc) is 2.72. The van der Waals surface area contributed by atoms with Gasteiger partial charge in [-0.3, -0.25) is 4.90 Å². The fraction of sp³-hybridized carbons (Fsp3) is 0.391. The summed E-state index contributed by atoms with van der Waals surface area (Å²) in [5, 5.41) is 10.2. The van der Waals surface area contributed by atoms with E-state index in [1.807, 2.05) is 6.92 Å². The Morgan fingerprint density at radius 3 is 2.18 bits per heavy atom. The molecule has 2 aromatic rings. The van der Waals surface area contributed by atoms with Crippen LogP contribution in [-0.4, -0.2) is 80.0 Å².